The number of ether oxygens (including phenoxy) is 1. The highest BCUT2D eigenvalue weighted by molar-refractivity contribution is 5.77. The average molecular weight is 372 g/mol. The molecule has 0 fully saturated rings. The van der Waals surface area contributed by atoms with E-state index in [1.807, 2.05) is 19.1 Å². The van der Waals surface area contributed by atoms with Crippen LogP contribution in [0.4, 0.5) is 13.2 Å². The number of nitrogens with two attached hydrogens (primary N) is 1. The van der Waals surface area contributed by atoms with Gasteiger partial charge in [0, 0.05) is 12.1 Å². The Hall–Kier alpha value is -2.86. The fourth-order valence-electron chi connectivity index (χ4n) is 2.90. The van der Waals surface area contributed by atoms with Crippen molar-refractivity contribution in [3.63, 3.8) is 0 Å². The molecular formula is C21H19F3N2O. The van der Waals surface area contributed by atoms with Crippen LogP contribution < -0.4 is 10.5 Å². The maximum Gasteiger partial charge on any atom is 0.433 e. The molecule has 0 bridgehead atoms. The molecule has 140 valence electrons. The van der Waals surface area contributed by atoms with Crippen LogP contribution in [0.2, 0.25) is 0 Å². The molecule has 0 unspecified atom stereocenters. The van der Waals surface area contributed by atoms with Crippen molar-refractivity contribution in [2.75, 3.05) is 7.11 Å². The van der Waals surface area contributed by atoms with E-state index in [0.29, 0.717) is 28.0 Å². The Balaban J connectivity index is 2.27. The van der Waals surface area contributed by atoms with E-state index in [9.17, 15) is 13.2 Å². The van der Waals surface area contributed by atoms with Crippen LogP contribution in [0.15, 0.2) is 54.6 Å². The van der Waals surface area contributed by atoms with E-state index in [1.54, 1.807) is 36.4 Å². The van der Waals surface area contributed by atoms with Gasteiger partial charge in [-0.25, -0.2) is 4.98 Å². The van der Waals surface area contributed by atoms with Crippen molar-refractivity contribution in [1.29, 1.82) is 0 Å². The van der Waals surface area contributed by atoms with Gasteiger partial charge in [0.1, 0.15) is 11.4 Å². The summed E-state index contributed by atoms with van der Waals surface area (Å²) >= 11 is 0. The van der Waals surface area contributed by atoms with Crippen LogP contribution in [0, 0.1) is 6.92 Å². The number of methoxy groups -OCH3 is 1. The van der Waals surface area contributed by atoms with Gasteiger partial charge in [-0.3, -0.25) is 0 Å². The Kier molecular flexibility index (Phi) is 5.19. The Labute approximate surface area is 155 Å². The maximum absolute atomic E-state index is 13.5. The van der Waals surface area contributed by atoms with Crippen LogP contribution in [0.25, 0.3) is 22.4 Å². The van der Waals surface area contributed by atoms with Crippen molar-refractivity contribution in [2.24, 2.45) is 5.73 Å². The summed E-state index contributed by atoms with van der Waals surface area (Å²) < 4.78 is 45.6. The van der Waals surface area contributed by atoms with E-state index in [1.165, 1.54) is 7.11 Å². The number of halogens is 3. The van der Waals surface area contributed by atoms with Crippen molar-refractivity contribution in [1.82, 2.24) is 4.98 Å². The molecule has 3 nitrogen and oxygen atoms in total. The molecule has 1 heterocycles. The third kappa shape index (κ3) is 3.95. The van der Waals surface area contributed by atoms with Gasteiger partial charge < -0.3 is 10.5 Å². The molecule has 0 radical (unpaired) electrons. The maximum atomic E-state index is 13.5. The highest BCUT2D eigenvalue weighted by atomic mass is 19.4. The first-order valence-corrected chi connectivity index (χ1v) is 8.36. The molecular weight excluding hydrogens is 353 g/mol. The lowest BCUT2D eigenvalue weighted by molar-refractivity contribution is -0.141. The summed E-state index contributed by atoms with van der Waals surface area (Å²) in [6, 6.07) is 15.1. The molecule has 0 saturated carbocycles. The van der Waals surface area contributed by atoms with Crippen LogP contribution in [-0.2, 0) is 12.7 Å². The number of aryl methyl sites for hydroxylation is 1. The molecule has 0 aliphatic rings. The molecule has 0 amide bonds. The summed E-state index contributed by atoms with van der Waals surface area (Å²) in [5, 5.41) is 0. The second-order valence-electron chi connectivity index (χ2n) is 6.18. The smallest absolute Gasteiger partial charge is 0.433 e. The normalized spacial score (nSPS) is 11.5. The number of benzene rings is 2. The topological polar surface area (TPSA) is 48.1 Å². The van der Waals surface area contributed by atoms with Crippen molar-refractivity contribution >= 4 is 0 Å². The zero-order valence-electron chi connectivity index (χ0n) is 15.0. The van der Waals surface area contributed by atoms with Crippen LogP contribution in [-0.4, -0.2) is 12.1 Å². The minimum Gasteiger partial charge on any atom is -0.497 e. The van der Waals surface area contributed by atoms with Crippen molar-refractivity contribution in [3.8, 4) is 28.1 Å². The summed E-state index contributed by atoms with van der Waals surface area (Å²) in [5.41, 5.74) is 8.46. The number of alkyl halides is 3. The molecule has 27 heavy (non-hydrogen) atoms. The van der Waals surface area contributed by atoms with Gasteiger partial charge in [-0.05, 0) is 53.9 Å². The summed E-state index contributed by atoms with van der Waals surface area (Å²) in [7, 11) is 1.53. The quantitative estimate of drug-likeness (QED) is 0.684. The van der Waals surface area contributed by atoms with Gasteiger partial charge in [-0.1, -0.05) is 29.8 Å². The first kappa shape index (κ1) is 18.9. The van der Waals surface area contributed by atoms with Gasteiger partial charge >= 0.3 is 6.18 Å². The van der Waals surface area contributed by atoms with Crippen LogP contribution in [0.3, 0.4) is 0 Å². The number of hydrogen-bond donors (Lipinski definition) is 1. The van der Waals surface area contributed by atoms with Gasteiger partial charge in [0.25, 0.3) is 0 Å². The molecule has 2 N–H and O–H groups in total. The minimum atomic E-state index is -4.56. The van der Waals surface area contributed by atoms with E-state index in [4.69, 9.17) is 10.5 Å². The van der Waals surface area contributed by atoms with Crippen molar-refractivity contribution in [3.05, 3.63) is 71.4 Å². The number of aromatic nitrogens is 1. The van der Waals surface area contributed by atoms with Gasteiger partial charge in [0.15, 0.2) is 0 Å². The van der Waals surface area contributed by atoms with E-state index in [2.05, 4.69) is 4.98 Å². The molecule has 0 atom stereocenters. The summed E-state index contributed by atoms with van der Waals surface area (Å²) in [6.45, 7) is 1.99. The standard InChI is InChI=1S/C21H19F3N2O/c1-13-3-5-14(6-4-13)17-11-19(21(22,23)24)26-20(18(17)12-25)15-7-9-16(27-2)10-8-15/h3-11H,12,25H2,1-2H3. The SMILES string of the molecule is COc1ccc(-c2nc(C(F)(F)F)cc(-c3ccc(C)cc3)c2CN)cc1. The first-order valence-electron chi connectivity index (χ1n) is 8.36. The Morgan fingerprint density at radius 3 is 2.07 bits per heavy atom. The molecule has 3 rings (SSSR count). The molecule has 1 aromatic heterocycles. The van der Waals surface area contributed by atoms with Gasteiger partial charge in [0.05, 0.1) is 12.8 Å². The lowest BCUT2D eigenvalue weighted by Crippen LogP contribution is -2.12. The molecule has 3 aromatic rings. The lowest BCUT2D eigenvalue weighted by atomic mass is 9.94. The van der Waals surface area contributed by atoms with Crippen LogP contribution >= 0.6 is 0 Å². The molecule has 2 aromatic carbocycles. The van der Waals surface area contributed by atoms with E-state index in [0.717, 1.165) is 11.6 Å². The number of hydrogen-bond acceptors (Lipinski definition) is 3. The minimum absolute atomic E-state index is 0.0652. The Morgan fingerprint density at radius 2 is 1.56 bits per heavy atom. The summed E-state index contributed by atoms with van der Waals surface area (Å²) in [4.78, 5) is 3.90. The molecule has 0 aliphatic heterocycles. The predicted molar refractivity (Wildman–Crippen MR) is 99.3 cm³/mol. The largest absolute Gasteiger partial charge is 0.497 e. The van der Waals surface area contributed by atoms with Crippen LogP contribution in [0.5, 0.6) is 5.75 Å². The zero-order chi connectivity index (χ0) is 19.6. The second-order valence-corrected chi connectivity index (χ2v) is 6.18. The van der Waals surface area contributed by atoms with E-state index >= 15 is 0 Å². The fourth-order valence-corrected chi connectivity index (χ4v) is 2.90. The molecule has 6 heteroatoms. The highest BCUT2D eigenvalue weighted by Gasteiger charge is 2.34. The Bertz CT molecular complexity index is 933. The number of nitrogens with zero attached hydrogens (tertiary/aromatic N) is 1. The van der Waals surface area contributed by atoms with Crippen molar-refractivity contribution < 1.29 is 17.9 Å². The van der Waals surface area contributed by atoms with Gasteiger partial charge in [0.2, 0.25) is 0 Å². The first-order chi connectivity index (χ1) is 12.8. The Morgan fingerprint density at radius 1 is 0.963 bits per heavy atom. The molecule has 0 saturated heterocycles. The van der Waals surface area contributed by atoms with E-state index in [-0.39, 0.29) is 12.2 Å². The van der Waals surface area contributed by atoms with Gasteiger partial charge in [-0.2, -0.15) is 13.2 Å². The number of pyridine rings is 1. The molecule has 0 aliphatic carbocycles. The summed E-state index contributed by atoms with van der Waals surface area (Å²) in [6.07, 6.45) is -4.56. The second kappa shape index (κ2) is 7.40. The third-order valence-corrected chi connectivity index (χ3v) is 4.34. The summed E-state index contributed by atoms with van der Waals surface area (Å²) in [5.74, 6) is 0.610. The highest BCUT2D eigenvalue weighted by Crippen LogP contribution is 2.37. The molecule has 0 spiro atoms. The van der Waals surface area contributed by atoms with Crippen LogP contribution in [0.1, 0.15) is 16.8 Å². The number of rotatable bonds is 4. The van der Waals surface area contributed by atoms with Crippen molar-refractivity contribution in [2.45, 2.75) is 19.6 Å². The predicted octanol–water partition coefficient (Wildman–Crippen LogP) is 5.21. The zero-order valence-corrected chi connectivity index (χ0v) is 15.0. The van der Waals surface area contributed by atoms with Gasteiger partial charge in [-0.15, -0.1) is 0 Å². The fraction of sp³-hybridized carbons (Fsp3) is 0.190. The lowest BCUT2D eigenvalue weighted by Gasteiger charge is -2.17. The third-order valence-electron chi connectivity index (χ3n) is 4.34. The monoisotopic (exact) mass is 372 g/mol. The average Bonchev–Trinajstić information content (AvgIpc) is 2.67. The van der Waals surface area contributed by atoms with E-state index < -0.39 is 11.9 Å².